The Morgan fingerprint density at radius 3 is 2.67 bits per heavy atom. The average Bonchev–Trinajstić information content (AvgIpc) is 3.18. The van der Waals surface area contributed by atoms with Crippen molar-refractivity contribution in [2.45, 2.75) is 44.6 Å². The fraction of sp³-hybridized carbons (Fsp3) is 0.929. The molecule has 0 bridgehead atoms. The second-order valence-electron chi connectivity index (χ2n) is 5.83. The van der Waals surface area contributed by atoms with Crippen LogP contribution in [0, 0.1) is 11.8 Å². The van der Waals surface area contributed by atoms with Crippen molar-refractivity contribution in [1.82, 2.24) is 4.90 Å². The second kappa shape index (κ2) is 6.53. The molecule has 0 aliphatic heterocycles. The van der Waals surface area contributed by atoms with Crippen molar-refractivity contribution < 1.29 is 9.53 Å². The molecule has 2 saturated carbocycles. The minimum atomic E-state index is 0.0344. The van der Waals surface area contributed by atoms with E-state index in [2.05, 4.69) is 0 Å². The summed E-state index contributed by atoms with van der Waals surface area (Å²) < 4.78 is 5.57. The fourth-order valence-electron chi connectivity index (χ4n) is 2.60. The second-order valence-corrected chi connectivity index (χ2v) is 5.83. The molecule has 2 unspecified atom stereocenters. The summed E-state index contributed by atoms with van der Waals surface area (Å²) in [5.74, 6) is 1.03. The molecule has 2 atom stereocenters. The van der Waals surface area contributed by atoms with E-state index >= 15 is 0 Å². The summed E-state index contributed by atoms with van der Waals surface area (Å²) in [5, 5.41) is 0. The number of hydrogen-bond donors (Lipinski definition) is 1. The van der Waals surface area contributed by atoms with Crippen LogP contribution in [0.2, 0.25) is 0 Å². The summed E-state index contributed by atoms with van der Waals surface area (Å²) in [6.07, 6.45) is 6.86. The fourth-order valence-corrected chi connectivity index (χ4v) is 2.60. The van der Waals surface area contributed by atoms with E-state index < -0.39 is 0 Å². The molecular formula is C14H26N2O2. The first-order valence-electron chi connectivity index (χ1n) is 7.27. The maximum Gasteiger partial charge on any atom is 0.227 e. The van der Waals surface area contributed by atoms with Gasteiger partial charge >= 0.3 is 0 Å². The molecule has 18 heavy (non-hydrogen) atoms. The molecule has 2 N–H and O–H groups in total. The SMILES string of the molecule is CN(CCOCC1CC1)C(=O)C1CCCCC1N. The zero-order valence-electron chi connectivity index (χ0n) is 11.4. The number of carbonyl (C=O) groups is 1. The van der Waals surface area contributed by atoms with Gasteiger partial charge in [0.25, 0.3) is 0 Å². The number of nitrogens with zero attached hydrogens (tertiary/aromatic N) is 1. The Kier molecular flexibility index (Phi) is 5.01. The molecule has 2 fully saturated rings. The van der Waals surface area contributed by atoms with E-state index in [0.717, 1.165) is 31.8 Å². The number of nitrogens with two attached hydrogens (primary N) is 1. The van der Waals surface area contributed by atoms with Crippen molar-refractivity contribution in [3.8, 4) is 0 Å². The van der Waals surface area contributed by atoms with E-state index in [1.807, 2.05) is 7.05 Å². The third kappa shape index (κ3) is 3.95. The first-order valence-corrected chi connectivity index (χ1v) is 7.27. The molecule has 0 radical (unpaired) electrons. The van der Waals surface area contributed by atoms with Crippen LogP contribution in [0.1, 0.15) is 38.5 Å². The zero-order chi connectivity index (χ0) is 13.0. The van der Waals surface area contributed by atoms with Crippen LogP contribution in [-0.2, 0) is 9.53 Å². The summed E-state index contributed by atoms with van der Waals surface area (Å²) in [7, 11) is 1.87. The summed E-state index contributed by atoms with van der Waals surface area (Å²) in [6.45, 7) is 2.21. The highest BCUT2D eigenvalue weighted by molar-refractivity contribution is 5.79. The normalized spacial score (nSPS) is 28.1. The van der Waals surface area contributed by atoms with Gasteiger partial charge in [0.2, 0.25) is 5.91 Å². The van der Waals surface area contributed by atoms with Gasteiger partial charge in [-0.15, -0.1) is 0 Å². The van der Waals surface area contributed by atoms with Crippen molar-refractivity contribution in [1.29, 1.82) is 0 Å². The van der Waals surface area contributed by atoms with Gasteiger partial charge in [0.15, 0.2) is 0 Å². The van der Waals surface area contributed by atoms with Crippen molar-refractivity contribution in [3.05, 3.63) is 0 Å². The molecule has 0 aromatic rings. The summed E-state index contributed by atoms with van der Waals surface area (Å²) in [5.41, 5.74) is 6.04. The molecule has 0 heterocycles. The predicted molar refractivity (Wildman–Crippen MR) is 71.1 cm³/mol. The Balaban J connectivity index is 1.65. The molecule has 4 heteroatoms. The van der Waals surface area contributed by atoms with E-state index in [-0.39, 0.29) is 17.9 Å². The zero-order valence-corrected chi connectivity index (χ0v) is 11.4. The Hall–Kier alpha value is -0.610. The number of carbonyl (C=O) groups excluding carboxylic acids is 1. The highest BCUT2D eigenvalue weighted by atomic mass is 16.5. The smallest absolute Gasteiger partial charge is 0.227 e. The van der Waals surface area contributed by atoms with E-state index in [1.54, 1.807) is 4.90 Å². The van der Waals surface area contributed by atoms with Gasteiger partial charge in [0, 0.05) is 26.2 Å². The van der Waals surface area contributed by atoms with E-state index in [1.165, 1.54) is 19.3 Å². The highest BCUT2D eigenvalue weighted by Crippen LogP contribution is 2.28. The summed E-state index contributed by atoms with van der Waals surface area (Å²) in [4.78, 5) is 14.0. The molecule has 1 amide bonds. The van der Waals surface area contributed by atoms with Gasteiger partial charge in [-0.3, -0.25) is 4.79 Å². The van der Waals surface area contributed by atoms with Gasteiger partial charge in [0.05, 0.1) is 12.5 Å². The van der Waals surface area contributed by atoms with Crippen LogP contribution in [0.4, 0.5) is 0 Å². The average molecular weight is 254 g/mol. The van der Waals surface area contributed by atoms with Gasteiger partial charge in [-0.05, 0) is 31.6 Å². The Bertz CT molecular complexity index is 279. The lowest BCUT2D eigenvalue weighted by Gasteiger charge is -2.31. The van der Waals surface area contributed by atoms with Crippen LogP contribution in [-0.4, -0.2) is 43.7 Å². The number of ether oxygens (including phenoxy) is 1. The van der Waals surface area contributed by atoms with Gasteiger partial charge in [-0.25, -0.2) is 0 Å². The number of hydrogen-bond acceptors (Lipinski definition) is 3. The lowest BCUT2D eigenvalue weighted by atomic mass is 9.84. The lowest BCUT2D eigenvalue weighted by molar-refractivity contribution is -0.136. The van der Waals surface area contributed by atoms with E-state index in [0.29, 0.717) is 13.2 Å². The van der Waals surface area contributed by atoms with Gasteiger partial charge in [0.1, 0.15) is 0 Å². The number of likely N-dealkylation sites (N-methyl/N-ethyl adjacent to an activating group) is 1. The van der Waals surface area contributed by atoms with Crippen molar-refractivity contribution in [2.24, 2.45) is 17.6 Å². The summed E-state index contributed by atoms with van der Waals surface area (Å²) >= 11 is 0. The highest BCUT2D eigenvalue weighted by Gasteiger charge is 2.30. The topological polar surface area (TPSA) is 55.6 Å². The number of rotatable bonds is 6. The number of amides is 1. The van der Waals surface area contributed by atoms with Crippen LogP contribution in [0.5, 0.6) is 0 Å². The largest absolute Gasteiger partial charge is 0.379 e. The standard InChI is InChI=1S/C14H26N2O2/c1-16(8-9-18-10-11-6-7-11)14(17)12-4-2-3-5-13(12)15/h11-13H,2-10,15H2,1H3. The molecule has 104 valence electrons. The van der Waals surface area contributed by atoms with Gasteiger partial charge < -0.3 is 15.4 Å². The predicted octanol–water partition coefficient (Wildman–Crippen LogP) is 1.39. The maximum atomic E-state index is 12.2. The molecule has 0 aromatic heterocycles. The molecule has 2 aliphatic rings. The van der Waals surface area contributed by atoms with Crippen molar-refractivity contribution in [3.63, 3.8) is 0 Å². The lowest BCUT2D eigenvalue weighted by Crippen LogP contribution is -2.45. The minimum absolute atomic E-state index is 0.0344. The van der Waals surface area contributed by atoms with Crippen LogP contribution >= 0.6 is 0 Å². The maximum absolute atomic E-state index is 12.2. The monoisotopic (exact) mass is 254 g/mol. The molecule has 0 saturated heterocycles. The molecule has 0 spiro atoms. The summed E-state index contributed by atoms with van der Waals surface area (Å²) in [6, 6.07) is 0.0566. The molecule has 4 nitrogen and oxygen atoms in total. The van der Waals surface area contributed by atoms with Crippen molar-refractivity contribution >= 4 is 5.91 Å². The van der Waals surface area contributed by atoms with Gasteiger partial charge in [-0.1, -0.05) is 12.8 Å². The third-order valence-corrected chi connectivity index (χ3v) is 4.13. The van der Waals surface area contributed by atoms with Crippen LogP contribution in [0.25, 0.3) is 0 Å². The first kappa shape index (κ1) is 13.8. The van der Waals surface area contributed by atoms with Crippen molar-refractivity contribution in [2.75, 3.05) is 26.8 Å². The van der Waals surface area contributed by atoms with Crippen LogP contribution in [0.3, 0.4) is 0 Å². The van der Waals surface area contributed by atoms with E-state index in [9.17, 15) is 4.79 Å². The Labute approximate surface area is 110 Å². The van der Waals surface area contributed by atoms with Gasteiger partial charge in [-0.2, -0.15) is 0 Å². The molecule has 2 aliphatic carbocycles. The Morgan fingerprint density at radius 1 is 1.28 bits per heavy atom. The van der Waals surface area contributed by atoms with E-state index in [4.69, 9.17) is 10.5 Å². The van der Waals surface area contributed by atoms with Crippen LogP contribution < -0.4 is 5.73 Å². The molecular weight excluding hydrogens is 228 g/mol. The minimum Gasteiger partial charge on any atom is -0.379 e. The first-order chi connectivity index (χ1) is 8.68. The molecule has 0 aromatic carbocycles. The van der Waals surface area contributed by atoms with Crippen LogP contribution in [0.15, 0.2) is 0 Å². The quantitative estimate of drug-likeness (QED) is 0.729. The Morgan fingerprint density at radius 2 is 2.00 bits per heavy atom. The third-order valence-electron chi connectivity index (χ3n) is 4.13. The molecule has 2 rings (SSSR count).